The van der Waals surface area contributed by atoms with Gasteiger partial charge in [-0.15, -0.1) is 10.2 Å². The third-order valence-corrected chi connectivity index (χ3v) is 5.22. The number of fused-ring (bicyclic) bond motifs is 1. The van der Waals surface area contributed by atoms with Gasteiger partial charge < -0.3 is 15.2 Å². The minimum atomic E-state index is -0.0960. The predicted molar refractivity (Wildman–Crippen MR) is 95.2 cm³/mol. The van der Waals surface area contributed by atoms with E-state index in [2.05, 4.69) is 44.5 Å². The Kier molecular flexibility index (Phi) is 4.42. The second-order valence-corrected chi connectivity index (χ2v) is 7.11. The van der Waals surface area contributed by atoms with E-state index in [-0.39, 0.29) is 12.1 Å². The molecule has 25 heavy (non-hydrogen) atoms. The van der Waals surface area contributed by atoms with Gasteiger partial charge in [0.15, 0.2) is 0 Å². The molecule has 4 rings (SSSR count). The third kappa shape index (κ3) is 3.52. The van der Waals surface area contributed by atoms with Crippen molar-refractivity contribution in [2.75, 3.05) is 6.54 Å². The summed E-state index contributed by atoms with van der Waals surface area (Å²) in [4.78, 5) is 12.4. The molecular formula is C19H25N5O. The zero-order chi connectivity index (χ0) is 17.2. The van der Waals surface area contributed by atoms with Crippen LogP contribution in [0, 0.1) is 12.8 Å². The lowest BCUT2D eigenvalue weighted by Gasteiger charge is -2.21. The van der Waals surface area contributed by atoms with Gasteiger partial charge in [-0.3, -0.25) is 0 Å². The Balaban J connectivity index is 1.32. The van der Waals surface area contributed by atoms with Crippen molar-refractivity contribution in [3.63, 3.8) is 0 Å². The number of aryl methyl sites for hydroxylation is 2. The Morgan fingerprint density at radius 3 is 2.96 bits per heavy atom. The summed E-state index contributed by atoms with van der Waals surface area (Å²) < 4.78 is 2.18. The number of rotatable bonds is 6. The van der Waals surface area contributed by atoms with Crippen LogP contribution in [-0.2, 0) is 19.4 Å². The number of carbonyl (C=O) groups excluding carboxylic acids is 1. The summed E-state index contributed by atoms with van der Waals surface area (Å²) in [6.45, 7) is 3.69. The fraction of sp³-hybridized carbons (Fsp3) is 0.526. The summed E-state index contributed by atoms with van der Waals surface area (Å²) in [5, 5.41) is 14.6. The Bertz CT molecular complexity index is 765. The van der Waals surface area contributed by atoms with Crippen molar-refractivity contribution >= 4 is 6.03 Å². The highest BCUT2D eigenvalue weighted by molar-refractivity contribution is 5.74. The Hall–Kier alpha value is -2.37. The molecule has 1 aliphatic heterocycles. The van der Waals surface area contributed by atoms with E-state index in [1.165, 1.54) is 24.0 Å². The molecule has 1 fully saturated rings. The molecule has 132 valence electrons. The number of aromatic nitrogens is 3. The lowest BCUT2D eigenvalue weighted by atomic mass is 9.98. The molecule has 1 aliphatic carbocycles. The molecule has 1 aromatic carbocycles. The van der Waals surface area contributed by atoms with Gasteiger partial charge in [-0.25, -0.2) is 4.79 Å². The quantitative estimate of drug-likeness (QED) is 0.849. The molecule has 2 heterocycles. The largest absolute Gasteiger partial charge is 0.338 e. The molecule has 1 atom stereocenters. The predicted octanol–water partition coefficient (Wildman–Crippen LogP) is 2.53. The molecule has 1 saturated carbocycles. The highest BCUT2D eigenvalue weighted by Gasteiger charge is 2.34. The minimum absolute atomic E-state index is 0.0960. The standard InChI is InChI=1S/C19H25N5O/c1-13-5-2-3-6-15(13)18(14-8-9-14)21-19(25)20-11-10-17-23-22-16-7-4-12-24(16)17/h2-3,5-6,14,18H,4,7-12H2,1H3,(H2,20,21,25)/t18-/m0/s1. The van der Waals surface area contributed by atoms with Crippen LogP contribution < -0.4 is 10.6 Å². The molecule has 2 aromatic rings. The van der Waals surface area contributed by atoms with Gasteiger partial charge in [0.1, 0.15) is 11.6 Å². The molecule has 0 spiro atoms. The van der Waals surface area contributed by atoms with Gasteiger partial charge in [-0.05, 0) is 43.2 Å². The molecular weight excluding hydrogens is 314 g/mol. The molecule has 0 unspecified atom stereocenters. The van der Waals surface area contributed by atoms with Crippen molar-refractivity contribution < 1.29 is 4.79 Å². The zero-order valence-corrected chi connectivity index (χ0v) is 14.7. The fourth-order valence-corrected chi connectivity index (χ4v) is 3.69. The SMILES string of the molecule is Cc1ccccc1[C@@H](NC(=O)NCCc1nnc2n1CCC2)C1CC1. The maximum atomic E-state index is 12.4. The van der Waals surface area contributed by atoms with E-state index in [0.717, 1.165) is 37.5 Å². The first-order chi connectivity index (χ1) is 12.2. The molecule has 1 aromatic heterocycles. The number of urea groups is 1. The number of hydrogen-bond acceptors (Lipinski definition) is 3. The van der Waals surface area contributed by atoms with Gasteiger partial charge in [0.05, 0.1) is 6.04 Å². The third-order valence-electron chi connectivity index (χ3n) is 5.22. The average molecular weight is 339 g/mol. The summed E-state index contributed by atoms with van der Waals surface area (Å²) >= 11 is 0. The highest BCUT2D eigenvalue weighted by Crippen LogP contribution is 2.41. The van der Waals surface area contributed by atoms with Crippen molar-refractivity contribution in [1.29, 1.82) is 0 Å². The molecule has 6 nitrogen and oxygen atoms in total. The number of nitrogens with one attached hydrogen (secondary N) is 2. The number of carbonyl (C=O) groups is 1. The smallest absolute Gasteiger partial charge is 0.315 e. The summed E-state index contributed by atoms with van der Waals surface area (Å²) in [5.74, 6) is 2.62. The first-order valence-electron chi connectivity index (χ1n) is 9.23. The van der Waals surface area contributed by atoms with Gasteiger partial charge in [0.25, 0.3) is 0 Å². The van der Waals surface area contributed by atoms with E-state index in [1.807, 2.05) is 12.1 Å². The van der Waals surface area contributed by atoms with Crippen LogP contribution in [0.5, 0.6) is 0 Å². The molecule has 2 N–H and O–H groups in total. The lowest BCUT2D eigenvalue weighted by Crippen LogP contribution is -2.40. The van der Waals surface area contributed by atoms with Crippen LogP contribution >= 0.6 is 0 Å². The van der Waals surface area contributed by atoms with Gasteiger partial charge >= 0.3 is 6.03 Å². The van der Waals surface area contributed by atoms with Crippen molar-refractivity contribution in [3.05, 3.63) is 47.0 Å². The fourth-order valence-electron chi connectivity index (χ4n) is 3.69. The van der Waals surface area contributed by atoms with Crippen molar-refractivity contribution in [1.82, 2.24) is 25.4 Å². The second kappa shape index (κ2) is 6.86. The average Bonchev–Trinajstić information content (AvgIpc) is 3.21. The van der Waals surface area contributed by atoms with Crippen LogP contribution in [-0.4, -0.2) is 27.3 Å². The van der Waals surface area contributed by atoms with Gasteiger partial charge in [0, 0.05) is 25.9 Å². The maximum absolute atomic E-state index is 12.4. The van der Waals surface area contributed by atoms with E-state index < -0.39 is 0 Å². The first kappa shape index (κ1) is 16.1. The second-order valence-electron chi connectivity index (χ2n) is 7.11. The van der Waals surface area contributed by atoms with E-state index in [4.69, 9.17) is 0 Å². The van der Waals surface area contributed by atoms with Crippen molar-refractivity contribution in [2.45, 2.75) is 51.6 Å². The number of hydrogen-bond donors (Lipinski definition) is 2. The molecule has 2 amide bonds. The summed E-state index contributed by atoms with van der Waals surface area (Å²) in [6, 6.07) is 8.33. The van der Waals surface area contributed by atoms with Crippen LogP contribution in [0.25, 0.3) is 0 Å². The van der Waals surface area contributed by atoms with Crippen molar-refractivity contribution in [2.24, 2.45) is 5.92 Å². The topological polar surface area (TPSA) is 71.8 Å². The molecule has 6 heteroatoms. The van der Waals surface area contributed by atoms with Crippen LogP contribution in [0.15, 0.2) is 24.3 Å². The Morgan fingerprint density at radius 2 is 2.16 bits per heavy atom. The molecule has 2 aliphatic rings. The minimum Gasteiger partial charge on any atom is -0.338 e. The summed E-state index contributed by atoms with van der Waals surface area (Å²) in [6.07, 6.45) is 5.25. The zero-order valence-electron chi connectivity index (χ0n) is 14.7. The van der Waals surface area contributed by atoms with Crippen molar-refractivity contribution in [3.8, 4) is 0 Å². The first-order valence-corrected chi connectivity index (χ1v) is 9.23. The summed E-state index contributed by atoms with van der Waals surface area (Å²) in [7, 11) is 0. The van der Waals surface area contributed by atoms with E-state index in [0.29, 0.717) is 12.5 Å². The molecule has 0 radical (unpaired) electrons. The van der Waals surface area contributed by atoms with E-state index in [9.17, 15) is 4.79 Å². The van der Waals surface area contributed by atoms with Gasteiger partial charge in [-0.2, -0.15) is 0 Å². The van der Waals surface area contributed by atoms with E-state index >= 15 is 0 Å². The normalized spacial score (nSPS) is 17.2. The van der Waals surface area contributed by atoms with Crippen LogP contribution in [0.3, 0.4) is 0 Å². The van der Waals surface area contributed by atoms with Gasteiger partial charge in [0.2, 0.25) is 0 Å². The lowest BCUT2D eigenvalue weighted by molar-refractivity contribution is 0.235. The van der Waals surface area contributed by atoms with Crippen LogP contribution in [0.4, 0.5) is 4.79 Å². The number of amides is 2. The monoisotopic (exact) mass is 339 g/mol. The Labute approximate surface area is 148 Å². The van der Waals surface area contributed by atoms with Crippen LogP contribution in [0.1, 0.15) is 48.1 Å². The van der Waals surface area contributed by atoms with Gasteiger partial charge in [-0.1, -0.05) is 24.3 Å². The summed E-state index contributed by atoms with van der Waals surface area (Å²) in [5.41, 5.74) is 2.47. The Morgan fingerprint density at radius 1 is 1.32 bits per heavy atom. The van der Waals surface area contributed by atoms with E-state index in [1.54, 1.807) is 0 Å². The highest BCUT2D eigenvalue weighted by atomic mass is 16.2. The molecule has 0 bridgehead atoms. The number of nitrogens with zero attached hydrogens (tertiary/aromatic N) is 3. The van der Waals surface area contributed by atoms with Crippen LogP contribution in [0.2, 0.25) is 0 Å². The molecule has 0 saturated heterocycles. The maximum Gasteiger partial charge on any atom is 0.315 e. The number of benzene rings is 1.